The van der Waals surface area contributed by atoms with Gasteiger partial charge in [0, 0.05) is 6.07 Å². The van der Waals surface area contributed by atoms with Gasteiger partial charge in [0.2, 0.25) is 0 Å². The number of para-hydroxylation sites is 2. The Balaban J connectivity index is 0.000000360. The van der Waals surface area contributed by atoms with Gasteiger partial charge in [-0.15, -0.1) is 0 Å². The van der Waals surface area contributed by atoms with E-state index < -0.39 is 41.5 Å². The third-order valence-corrected chi connectivity index (χ3v) is 10.1. The minimum absolute atomic E-state index is 0. The molecule has 4 aromatic rings. The average molecular weight is 795 g/mol. The van der Waals surface area contributed by atoms with Crippen LogP contribution in [0.15, 0.2) is 94.7 Å². The minimum Gasteiger partial charge on any atom is -0.872 e. The van der Waals surface area contributed by atoms with Crippen molar-refractivity contribution in [1.82, 2.24) is 0 Å². The molecule has 0 aliphatic rings. The maximum Gasteiger partial charge on any atom is 2.00 e. The molecular weight excluding hydrogens is 745 g/mol. The number of ether oxygens (including phenoxy) is 2. The number of hydrogen-bond acceptors (Lipinski definition) is 9. The fraction of sp³-hybridized carbons (Fsp3) is 0.400. The number of benzene rings is 4. The van der Waals surface area contributed by atoms with E-state index in [2.05, 4.69) is 13.8 Å². The standard InChI is InChI=1S/2C20H26O5S.Ca/c2*1-2-3-4-5-6-8-11-16-14-18(21)20(26(22,23)24)15-19(16)25-17-12-9-7-10-13-17;/h2*7,9-10,12-15,21H,2-6,8,11H2,1H3,(H,22,23,24);/q;;+2/p-2. The number of phenols is 1. The van der Waals surface area contributed by atoms with Crippen LogP contribution < -0.4 is 14.6 Å². The van der Waals surface area contributed by atoms with Crippen molar-refractivity contribution in [2.45, 2.75) is 114 Å². The summed E-state index contributed by atoms with van der Waals surface area (Å²) < 4.78 is 77.8. The molecule has 0 saturated heterocycles. The summed E-state index contributed by atoms with van der Waals surface area (Å²) in [5, 5.41) is 22.0. The minimum atomic E-state index is -4.84. The van der Waals surface area contributed by atoms with E-state index in [-0.39, 0.29) is 43.5 Å². The second-order valence-corrected chi connectivity index (χ2v) is 15.4. The summed E-state index contributed by atoms with van der Waals surface area (Å²) in [6.07, 6.45) is 14.6. The van der Waals surface area contributed by atoms with E-state index in [1.54, 1.807) is 36.4 Å². The number of rotatable bonds is 20. The molecule has 4 aromatic carbocycles. The Kier molecular flexibility index (Phi) is 20.8. The third kappa shape index (κ3) is 16.6. The van der Waals surface area contributed by atoms with Crippen molar-refractivity contribution in [3.63, 3.8) is 0 Å². The molecule has 13 heteroatoms. The van der Waals surface area contributed by atoms with Crippen LogP contribution in [-0.2, 0) is 33.1 Å². The topological polar surface area (TPSA) is 173 Å². The van der Waals surface area contributed by atoms with E-state index >= 15 is 0 Å². The van der Waals surface area contributed by atoms with Crippen molar-refractivity contribution in [3.05, 3.63) is 96.1 Å². The maximum absolute atomic E-state index is 12.0. The van der Waals surface area contributed by atoms with Gasteiger partial charge in [-0.2, -0.15) is 8.42 Å². The first-order chi connectivity index (χ1) is 24.8. The smallest absolute Gasteiger partial charge is 0.872 e. The summed E-state index contributed by atoms with van der Waals surface area (Å²) in [5.41, 5.74) is 1.34. The summed E-state index contributed by atoms with van der Waals surface area (Å²) in [6.45, 7) is 4.33. The van der Waals surface area contributed by atoms with E-state index in [1.165, 1.54) is 56.7 Å². The molecule has 0 unspecified atom stereocenters. The van der Waals surface area contributed by atoms with Gasteiger partial charge in [0.15, 0.2) is 0 Å². The largest absolute Gasteiger partial charge is 2.00 e. The first-order valence-electron chi connectivity index (χ1n) is 17.9. The third-order valence-electron chi connectivity index (χ3n) is 8.36. The molecule has 4 rings (SSSR count). The zero-order valence-electron chi connectivity index (χ0n) is 30.7. The summed E-state index contributed by atoms with van der Waals surface area (Å²) in [7, 11) is -9.37. The Labute approximate surface area is 345 Å². The van der Waals surface area contributed by atoms with Gasteiger partial charge >= 0.3 is 37.7 Å². The van der Waals surface area contributed by atoms with Gasteiger partial charge in [0.25, 0.3) is 10.1 Å². The summed E-state index contributed by atoms with van der Waals surface area (Å²) in [6, 6.07) is 22.7. The van der Waals surface area contributed by atoms with Crippen LogP contribution in [0.1, 0.15) is 102 Å². The first kappa shape index (κ1) is 46.3. The number of phenolic OH excluding ortho intramolecular Hbond substituents is 1. The zero-order valence-corrected chi connectivity index (χ0v) is 34.5. The van der Waals surface area contributed by atoms with Gasteiger partial charge in [0.05, 0.1) is 4.90 Å². The monoisotopic (exact) mass is 794 g/mol. The van der Waals surface area contributed by atoms with Crippen LogP contribution in [0.4, 0.5) is 0 Å². The fourth-order valence-electron chi connectivity index (χ4n) is 5.58. The Morgan fingerprint density at radius 3 is 1.40 bits per heavy atom. The van der Waals surface area contributed by atoms with Crippen LogP contribution in [0, 0.1) is 0 Å². The SMILES string of the molecule is CCCCCCCCc1cc(O)c(S(=O)(=O)O)cc1Oc1ccccc1.CCCCCCCCc1cc([O-])c(S(=O)(=O)[O-])cc1Oc1ccccc1.[Ca+2]. The fourth-order valence-corrected chi connectivity index (χ4v) is 6.72. The van der Waals surface area contributed by atoms with Crippen molar-refractivity contribution in [2.24, 2.45) is 0 Å². The van der Waals surface area contributed by atoms with Crippen LogP contribution in [0.3, 0.4) is 0 Å². The molecule has 0 fully saturated rings. The molecule has 0 aromatic heterocycles. The molecule has 284 valence electrons. The van der Waals surface area contributed by atoms with Crippen molar-refractivity contribution < 1.29 is 45.6 Å². The van der Waals surface area contributed by atoms with Gasteiger partial charge in [-0.1, -0.05) is 126 Å². The predicted molar refractivity (Wildman–Crippen MR) is 205 cm³/mol. The Morgan fingerprint density at radius 1 is 0.585 bits per heavy atom. The van der Waals surface area contributed by atoms with E-state index in [0.717, 1.165) is 44.6 Å². The molecule has 0 atom stereocenters. The van der Waals surface area contributed by atoms with Gasteiger partial charge in [0.1, 0.15) is 43.8 Å². The van der Waals surface area contributed by atoms with Crippen LogP contribution in [-0.4, -0.2) is 68.8 Å². The van der Waals surface area contributed by atoms with E-state index in [4.69, 9.17) is 9.47 Å². The summed E-state index contributed by atoms with van der Waals surface area (Å²) >= 11 is 0. The quantitative estimate of drug-likeness (QED) is 0.0499. The molecule has 0 aliphatic carbocycles. The van der Waals surface area contributed by atoms with Gasteiger partial charge < -0.3 is 24.2 Å². The maximum atomic E-state index is 12.0. The molecule has 53 heavy (non-hydrogen) atoms. The van der Waals surface area contributed by atoms with Crippen LogP contribution in [0.25, 0.3) is 0 Å². The molecule has 0 heterocycles. The Morgan fingerprint density at radius 2 is 0.981 bits per heavy atom. The second-order valence-electron chi connectivity index (χ2n) is 12.6. The molecule has 10 nitrogen and oxygen atoms in total. The molecule has 2 N–H and O–H groups in total. The predicted octanol–water partition coefficient (Wildman–Crippen LogP) is 9.31. The molecule has 0 spiro atoms. The van der Waals surface area contributed by atoms with E-state index in [1.807, 2.05) is 24.3 Å². The number of aryl methyl sites for hydroxylation is 2. The number of hydrogen-bond donors (Lipinski definition) is 2. The number of aromatic hydroxyl groups is 1. The van der Waals surface area contributed by atoms with Crippen molar-refractivity contribution in [1.29, 1.82) is 0 Å². The van der Waals surface area contributed by atoms with Crippen LogP contribution in [0.5, 0.6) is 34.5 Å². The normalized spacial score (nSPS) is 11.2. The van der Waals surface area contributed by atoms with Crippen molar-refractivity contribution >= 4 is 58.0 Å². The molecular formula is C40H50CaO10S2. The molecule has 0 amide bonds. The van der Waals surface area contributed by atoms with Gasteiger partial charge in [-0.05, 0) is 73.2 Å². The molecule has 0 saturated carbocycles. The average Bonchev–Trinajstić information content (AvgIpc) is 3.10. The Hall–Kier alpha value is -2.84. The van der Waals surface area contributed by atoms with E-state index in [9.17, 15) is 36.2 Å². The van der Waals surface area contributed by atoms with Gasteiger partial charge in [-0.3, -0.25) is 4.55 Å². The summed E-state index contributed by atoms with van der Waals surface area (Å²) in [4.78, 5) is -1.31. The van der Waals surface area contributed by atoms with Crippen molar-refractivity contribution in [3.8, 4) is 34.5 Å². The van der Waals surface area contributed by atoms with Crippen LogP contribution >= 0.6 is 0 Å². The van der Waals surface area contributed by atoms with Crippen molar-refractivity contribution in [2.75, 3.05) is 0 Å². The molecule has 0 bridgehead atoms. The second kappa shape index (κ2) is 23.8. The summed E-state index contributed by atoms with van der Waals surface area (Å²) in [5.74, 6) is 0.414. The van der Waals surface area contributed by atoms with Crippen LogP contribution in [0.2, 0.25) is 0 Å². The first-order valence-corrected chi connectivity index (χ1v) is 20.8. The molecule has 0 radical (unpaired) electrons. The molecule has 0 aliphatic heterocycles. The zero-order chi connectivity index (χ0) is 38.0. The Bertz CT molecular complexity index is 1750. The van der Waals surface area contributed by atoms with Gasteiger partial charge in [-0.25, -0.2) is 8.42 Å². The number of unbranched alkanes of at least 4 members (excludes halogenated alkanes) is 10. The van der Waals surface area contributed by atoms with E-state index in [0.29, 0.717) is 41.2 Å².